The smallest absolute Gasteiger partial charge is 0.138 e. The number of anilines is 1. The summed E-state index contributed by atoms with van der Waals surface area (Å²) >= 11 is 0. The molecule has 62 valence electrons. The lowest BCUT2D eigenvalue weighted by Crippen LogP contribution is -1.83. The van der Waals surface area contributed by atoms with E-state index < -0.39 is 0 Å². The van der Waals surface area contributed by atoms with E-state index in [9.17, 15) is 0 Å². The summed E-state index contributed by atoms with van der Waals surface area (Å²) in [5.74, 6) is 0.0538. The van der Waals surface area contributed by atoms with Crippen molar-refractivity contribution in [2.24, 2.45) is 0 Å². The van der Waals surface area contributed by atoms with Gasteiger partial charge in [0.05, 0.1) is 5.69 Å². The van der Waals surface area contributed by atoms with Crippen molar-refractivity contribution < 1.29 is 10.2 Å². The number of hydrogen-bond acceptors (Lipinski definition) is 3. The number of phenolic OH excluding ortho intramolecular Hbond substituents is 2. The monoisotopic (exact) mass is 155 g/mol. The number of benzene rings is 1. The fourth-order valence-corrected chi connectivity index (χ4v) is 0.542. The fourth-order valence-electron chi connectivity index (χ4n) is 0.542. The van der Waals surface area contributed by atoms with Crippen LogP contribution in [0.1, 0.15) is 13.8 Å². The van der Waals surface area contributed by atoms with E-state index in [0.717, 1.165) is 0 Å². The minimum atomic E-state index is -0.00667. The highest BCUT2D eigenvalue weighted by atomic mass is 16.3. The van der Waals surface area contributed by atoms with Crippen molar-refractivity contribution in [1.82, 2.24) is 0 Å². The highest BCUT2D eigenvalue weighted by Gasteiger charge is 1.94. The zero-order valence-electron chi connectivity index (χ0n) is 6.70. The third kappa shape index (κ3) is 2.80. The minimum absolute atomic E-state index is 0.00667. The Balaban J connectivity index is 0.000000461. The molecule has 0 saturated carbocycles. The molecule has 0 aliphatic heterocycles. The molecular formula is C8H13NO2. The number of phenols is 2. The lowest BCUT2D eigenvalue weighted by atomic mass is 10.3. The Hall–Kier alpha value is -1.38. The van der Waals surface area contributed by atoms with E-state index in [4.69, 9.17) is 15.9 Å². The number of aromatic hydroxyl groups is 2. The maximum Gasteiger partial charge on any atom is 0.138 e. The predicted octanol–water partition coefficient (Wildman–Crippen LogP) is 1.71. The van der Waals surface area contributed by atoms with Gasteiger partial charge in [0.25, 0.3) is 0 Å². The molecule has 1 aromatic rings. The molecule has 11 heavy (non-hydrogen) atoms. The van der Waals surface area contributed by atoms with Gasteiger partial charge in [-0.2, -0.15) is 0 Å². The fraction of sp³-hybridized carbons (Fsp3) is 0.250. The van der Waals surface area contributed by atoms with Crippen molar-refractivity contribution in [3.63, 3.8) is 0 Å². The number of nitrogen functional groups attached to an aromatic ring is 1. The second kappa shape index (κ2) is 4.44. The average Bonchev–Trinajstić information content (AvgIpc) is 2.02. The first-order chi connectivity index (χ1) is 5.20. The molecule has 1 aromatic carbocycles. The molecule has 0 heterocycles. The van der Waals surface area contributed by atoms with Crippen LogP contribution in [0.3, 0.4) is 0 Å². The lowest BCUT2D eigenvalue weighted by molar-refractivity contribution is 0.462. The zero-order valence-corrected chi connectivity index (χ0v) is 6.70. The van der Waals surface area contributed by atoms with E-state index in [2.05, 4.69) is 0 Å². The molecule has 0 radical (unpaired) electrons. The maximum atomic E-state index is 8.81. The van der Waals surface area contributed by atoms with Gasteiger partial charge in [-0.15, -0.1) is 0 Å². The molecule has 0 aliphatic rings. The summed E-state index contributed by atoms with van der Waals surface area (Å²) in [6.45, 7) is 4.00. The molecule has 0 aliphatic carbocycles. The highest BCUT2D eigenvalue weighted by molar-refractivity contribution is 5.54. The van der Waals surface area contributed by atoms with Crippen LogP contribution < -0.4 is 5.73 Å². The van der Waals surface area contributed by atoms with Crippen molar-refractivity contribution in [2.45, 2.75) is 13.8 Å². The van der Waals surface area contributed by atoms with Crippen molar-refractivity contribution in [2.75, 3.05) is 5.73 Å². The van der Waals surface area contributed by atoms with Crippen molar-refractivity contribution in [3.8, 4) is 11.5 Å². The summed E-state index contributed by atoms with van der Waals surface area (Å²) in [6, 6.07) is 3.99. The molecule has 4 N–H and O–H groups in total. The third-order valence-electron chi connectivity index (χ3n) is 1.01. The van der Waals surface area contributed by atoms with Crippen molar-refractivity contribution in [1.29, 1.82) is 0 Å². The number of hydrogen-bond donors (Lipinski definition) is 3. The molecule has 3 heteroatoms. The first kappa shape index (κ1) is 9.62. The Morgan fingerprint density at radius 2 is 1.73 bits per heavy atom. The van der Waals surface area contributed by atoms with Gasteiger partial charge in [-0.1, -0.05) is 13.8 Å². The van der Waals surface area contributed by atoms with Crippen LogP contribution in [0.15, 0.2) is 18.2 Å². The SMILES string of the molecule is CC.Nc1cc(O)ccc1O. The third-order valence-corrected chi connectivity index (χ3v) is 1.01. The largest absolute Gasteiger partial charge is 0.508 e. The molecular weight excluding hydrogens is 142 g/mol. The van der Waals surface area contributed by atoms with Gasteiger partial charge in [-0.3, -0.25) is 0 Å². The van der Waals surface area contributed by atoms with Gasteiger partial charge in [-0.05, 0) is 12.1 Å². The molecule has 1 rings (SSSR count). The maximum absolute atomic E-state index is 8.81. The lowest BCUT2D eigenvalue weighted by Gasteiger charge is -1.96. The van der Waals surface area contributed by atoms with Gasteiger partial charge in [0, 0.05) is 6.07 Å². The van der Waals surface area contributed by atoms with E-state index in [-0.39, 0.29) is 17.2 Å². The Morgan fingerprint density at radius 3 is 2.09 bits per heavy atom. The second-order valence-corrected chi connectivity index (χ2v) is 1.74. The van der Waals surface area contributed by atoms with E-state index in [1.165, 1.54) is 18.2 Å². The van der Waals surface area contributed by atoms with Gasteiger partial charge >= 0.3 is 0 Å². The molecule has 0 amide bonds. The Kier molecular flexibility index (Phi) is 3.88. The van der Waals surface area contributed by atoms with Crippen molar-refractivity contribution in [3.05, 3.63) is 18.2 Å². The molecule has 0 bridgehead atoms. The topological polar surface area (TPSA) is 66.5 Å². The minimum Gasteiger partial charge on any atom is -0.508 e. The normalized spacial score (nSPS) is 8.18. The van der Waals surface area contributed by atoms with Crippen LogP contribution in [-0.2, 0) is 0 Å². The van der Waals surface area contributed by atoms with Crippen LogP contribution in [0.5, 0.6) is 11.5 Å². The zero-order chi connectivity index (χ0) is 8.85. The summed E-state index contributed by atoms with van der Waals surface area (Å²) in [5.41, 5.74) is 5.40. The Morgan fingerprint density at radius 1 is 1.18 bits per heavy atom. The van der Waals surface area contributed by atoms with Gasteiger partial charge < -0.3 is 15.9 Å². The average molecular weight is 155 g/mol. The molecule has 0 unspecified atom stereocenters. The highest BCUT2D eigenvalue weighted by Crippen LogP contribution is 2.23. The second-order valence-electron chi connectivity index (χ2n) is 1.74. The van der Waals surface area contributed by atoms with Gasteiger partial charge in [0.2, 0.25) is 0 Å². The summed E-state index contributed by atoms with van der Waals surface area (Å²) in [7, 11) is 0. The Bertz CT molecular complexity index is 223. The van der Waals surface area contributed by atoms with E-state index in [0.29, 0.717) is 0 Å². The number of rotatable bonds is 0. The molecule has 0 spiro atoms. The van der Waals surface area contributed by atoms with Gasteiger partial charge in [0.1, 0.15) is 11.5 Å². The summed E-state index contributed by atoms with van der Waals surface area (Å²) in [5, 5.41) is 17.6. The first-order valence-corrected chi connectivity index (χ1v) is 3.47. The van der Waals surface area contributed by atoms with E-state index in [1.807, 2.05) is 13.8 Å². The number of nitrogens with two attached hydrogens (primary N) is 1. The standard InChI is InChI=1S/C6H7NO2.C2H6/c7-5-3-4(8)1-2-6(5)9;1-2/h1-3,8-9H,7H2;1-2H3. The summed E-state index contributed by atoms with van der Waals surface area (Å²) in [6.07, 6.45) is 0. The van der Waals surface area contributed by atoms with Gasteiger partial charge in [-0.25, -0.2) is 0 Å². The van der Waals surface area contributed by atoms with Crippen LogP contribution in [-0.4, -0.2) is 10.2 Å². The first-order valence-electron chi connectivity index (χ1n) is 3.47. The molecule has 0 atom stereocenters. The molecule has 3 nitrogen and oxygen atoms in total. The van der Waals surface area contributed by atoms with Gasteiger partial charge in [0.15, 0.2) is 0 Å². The Labute approximate surface area is 66.1 Å². The van der Waals surface area contributed by atoms with E-state index in [1.54, 1.807) is 0 Å². The summed E-state index contributed by atoms with van der Waals surface area (Å²) in [4.78, 5) is 0. The summed E-state index contributed by atoms with van der Waals surface area (Å²) < 4.78 is 0. The van der Waals surface area contributed by atoms with Crippen LogP contribution in [0.25, 0.3) is 0 Å². The molecule has 0 aromatic heterocycles. The molecule has 0 saturated heterocycles. The van der Waals surface area contributed by atoms with Crippen LogP contribution >= 0.6 is 0 Å². The van der Waals surface area contributed by atoms with Crippen LogP contribution in [0.4, 0.5) is 5.69 Å². The molecule has 0 fully saturated rings. The quantitative estimate of drug-likeness (QED) is 0.303. The van der Waals surface area contributed by atoms with Crippen LogP contribution in [0, 0.1) is 0 Å². The van der Waals surface area contributed by atoms with Crippen LogP contribution in [0.2, 0.25) is 0 Å². The predicted molar refractivity (Wildman–Crippen MR) is 45.5 cm³/mol. The van der Waals surface area contributed by atoms with Crippen molar-refractivity contribution >= 4 is 5.69 Å². The van der Waals surface area contributed by atoms with E-state index >= 15 is 0 Å².